The van der Waals surface area contributed by atoms with Crippen molar-refractivity contribution in [3.05, 3.63) is 28.3 Å². The molecule has 0 radical (unpaired) electrons. The molecule has 2 heterocycles. The van der Waals surface area contributed by atoms with Gasteiger partial charge >= 0.3 is 7.12 Å². The molecule has 1 aromatic heterocycles. The van der Waals surface area contributed by atoms with Crippen molar-refractivity contribution in [2.45, 2.75) is 38.9 Å². The zero-order valence-electron chi connectivity index (χ0n) is 12.7. The van der Waals surface area contributed by atoms with Crippen molar-refractivity contribution < 1.29 is 14.4 Å². The molecule has 2 rings (SSSR count). The predicted octanol–water partition coefficient (Wildman–Crippen LogP) is 2.32. The largest absolute Gasteiger partial charge is 0.492 e. The lowest BCUT2D eigenvalue weighted by Gasteiger charge is -2.32. The Labute approximate surface area is 130 Å². The Bertz CT molecular complexity index is 559. The number of hydrogen-bond acceptors (Lipinski definition) is 5. The molecule has 7 heteroatoms. The molecule has 0 saturated carbocycles. The Morgan fingerprint density at radius 3 is 2.48 bits per heavy atom. The van der Waals surface area contributed by atoms with Crippen LogP contribution in [-0.2, 0) is 9.31 Å². The zero-order valence-corrected chi connectivity index (χ0v) is 13.4. The van der Waals surface area contributed by atoms with Gasteiger partial charge in [-0.15, -0.1) is 0 Å². The van der Waals surface area contributed by atoms with Crippen molar-refractivity contribution in [1.29, 1.82) is 0 Å². The van der Waals surface area contributed by atoms with E-state index in [1.807, 2.05) is 27.7 Å². The van der Waals surface area contributed by atoms with E-state index >= 15 is 0 Å². The lowest BCUT2D eigenvalue weighted by molar-refractivity contribution is 0.00578. The molecule has 0 bridgehead atoms. The summed E-state index contributed by atoms with van der Waals surface area (Å²) in [6.07, 6.45) is 3.18. The Hall–Kier alpha value is -1.08. The summed E-state index contributed by atoms with van der Waals surface area (Å²) >= 11 is 5.92. The van der Waals surface area contributed by atoms with E-state index in [-0.39, 0.29) is 6.61 Å². The summed E-state index contributed by atoms with van der Waals surface area (Å²) in [4.78, 5) is 3.99. The summed E-state index contributed by atoms with van der Waals surface area (Å²) < 4.78 is 11.8. The van der Waals surface area contributed by atoms with E-state index < -0.39 is 18.3 Å². The van der Waals surface area contributed by atoms with Crippen molar-refractivity contribution >= 4 is 30.6 Å². The molecule has 0 spiro atoms. The smallest absolute Gasteiger partial charge is 0.400 e. The van der Waals surface area contributed by atoms with Crippen LogP contribution in [0.15, 0.2) is 17.7 Å². The first kappa shape index (κ1) is 16.3. The highest BCUT2D eigenvalue weighted by Gasteiger charge is 2.52. The molecule has 1 aliphatic heterocycles. The number of hydrogen-bond donors (Lipinski definition) is 2. The fraction of sp³-hybridized carbons (Fsp3) is 0.500. The Kier molecular flexibility index (Phi) is 4.35. The van der Waals surface area contributed by atoms with Crippen LogP contribution in [0.2, 0.25) is 5.02 Å². The van der Waals surface area contributed by atoms with E-state index in [1.54, 1.807) is 12.1 Å². The first-order valence-electron chi connectivity index (χ1n) is 6.74. The van der Waals surface area contributed by atoms with Crippen LogP contribution >= 0.6 is 11.6 Å². The Morgan fingerprint density at radius 2 is 1.95 bits per heavy atom. The summed E-state index contributed by atoms with van der Waals surface area (Å²) in [7, 11) is -0.626. The van der Waals surface area contributed by atoms with E-state index in [9.17, 15) is 5.11 Å². The molecule has 1 fully saturated rings. The molecule has 0 amide bonds. The maximum absolute atomic E-state index is 9.63. The fourth-order valence-electron chi connectivity index (χ4n) is 1.96. The molecule has 0 aromatic carbocycles. The van der Waals surface area contributed by atoms with Crippen LogP contribution < -0.4 is 5.73 Å². The Morgan fingerprint density at radius 1 is 1.38 bits per heavy atom. The number of nitrogen functional groups attached to an aromatic ring is 1. The quantitative estimate of drug-likeness (QED) is 0.838. The van der Waals surface area contributed by atoms with Crippen LogP contribution in [-0.4, -0.2) is 35.0 Å². The third-order valence-corrected chi connectivity index (χ3v) is 4.20. The van der Waals surface area contributed by atoms with Crippen molar-refractivity contribution in [3.63, 3.8) is 0 Å². The molecular formula is C14H20BClN2O3. The SMILES string of the molecule is CC1(C)OB(C(=Cc2cc(Cl)cnc2N)CO)OC1(C)C. The van der Waals surface area contributed by atoms with Gasteiger partial charge in [-0.1, -0.05) is 17.7 Å². The first-order chi connectivity index (χ1) is 9.66. The molecule has 5 nitrogen and oxygen atoms in total. The number of aliphatic hydroxyl groups is 1. The van der Waals surface area contributed by atoms with Crippen LogP contribution in [0, 0.1) is 0 Å². The second-order valence-electron chi connectivity index (χ2n) is 6.09. The predicted molar refractivity (Wildman–Crippen MR) is 84.8 cm³/mol. The molecular weight excluding hydrogens is 290 g/mol. The molecule has 3 N–H and O–H groups in total. The summed E-state index contributed by atoms with van der Waals surface area (Å²) in [6, 6.07) is 1.69. The molecule has 1 aromatic rings. The van der Waals surface area contributed by atoms with Crippen molar-refractivity contribution in [2.75, 3.05) is 12.3 Å². The topological polar surface area (TPSA) is 77.6 Å². The highest BCUT2D eigenvalue weighted by Crippen LogP contribution is 2.38. The van der Waals surface area contributed by atoms with E-state index in [4.69, 9.17) is 26.6 Å². The van der Waals surface area contributed by atoms with E-state index in [0.29, 0.717) is 21.9 Å². The molecule has 0 unspecified atom stereocenters. The molecule has 114 valence electrons. The van der Waals surface area contributed by atoms with Gasteiger partial charge in [0.15, 0.2) is 0 Å². The second-order valence-corrected chi connectivity index (χ2v) is 6.53. The number of aliphatic hydroxyl groups excluding tert-OH is 1. The minimum atomic E-state index is -0.626. The van der Waals surface area contributed by atoms with Gasteiger partial charge in [-0.05, 0) is 39.2 Å². The van der Waals surface area contributed by atoms with E-state index in [2.05, 4.69) is 4.98 Å². The van der Waals surface area contributed by atoms with Crippen LogP contribution in [0.4, 0.5) is 5.82 Å². The molecule has 0 aliphatic carbocycles. The molecule has 0 atom stereocenters. The van der Waals surface area contributed by atoms with Crippen LogP contribution in [0.25, 0.3) is 6.08 Å². The average Bonchev–Trinajstić information content (AvgIpc) is 2.59. The summed E-state index contributed by atoms with van der Waals surface area (Å²) in [6.45, 7) is 7.62. The fourth-order valence-corrected chi connectivity index (χ4v) is 2.13. The van der Waals surface area contributed by atoms with Crippen LogP contribution in [0.1, 0.15) is 33.3 Å². The number of nitrogens with two attached hydrogens (primary N) is 1. The number of anilines is 1. The van der Waals surface area contributed by atoms with Gasteiger partial charge in [0.25, 0.3) is 0 Å². The minimum Gasteiger partial charge on any atom is -0.400 e. The number of halogens is 1. The van der Waals surface area contributed by atoms with Gasteiger partial charge in [0, 0.05) is 11.8 Å². The van der Waals surface area contributed by atoms with Gasteiger partial charge in [-0.3, -0.25) is 0 Å². The highest BCUT2D eigenvalue weighted by atomic mass is 35.5. The monoisotopic (exact) mass is 310 g/mol. The van der Waals surface area contributed by atoms with Crippen LogP contribution in [0.3, 0.4) is 0 Å². The van der Waals surface area contributed by atoms with Gasteiger partial charge in [-0.25, -0.2) is 4.98 Å². The van der Waals surface area contributed by atoms with E-state index in [1.165, 1.54) is 6.20 Å². The first-order valence-corrected chi connectivity index (χ1v) is 7.12. The summed E-state index contributed by atoms with van der Waals surface area (Å²) in [5.41, 5.74) is 6.08. The molecule has 1 saturated heterocycles. The van der Waals surface area contributed by atoms with Gasteiger partial charge < -0.3 is 20.1 Å². The van der Waals surface area contributed by atoms with Crippen molar-refractivity contribution in [3.8, 4) is 0 Å². The number of nitrogens with zero attached hydrogens (tertiary/aromatic N) is 1. The van der Waals surface area contributed by atoms with Gasteiger partial charge in [0.1, 0.15) is 5.82 Å². The van der Waals surface area contributed by atoms with Gasteiger partial charge in [0.05, 0.1) is 22.8 Å². The maximum atomic E-state index is 9.63. The van der Waals surface area contributed by atoms with Crippen molar-refractivity contribution in [1.82, 2.24) is 4.98 Å². The second kappa shape index (κ2) is 5.61. The zero-order chi connectivity index (χ0) is 15.8. The van der Waals surface area contributed by atoms with E-state index in [0.717, 1.165) is 0 Å². The number of rotatable bonds is 3. The lowest BCUT2D eigenvalue weighted by atomic mass is 9.77. The standard InChI is InChI=1S/C14H20BClN2O3/c1-13(2)14(3,4)21-15(20-13)10(8-19)5-9-6-11(16)7-18-12(9)17/h5-7,19H,8H2,1-4H3,(H2,17,18). The Balaban J connectivity index is 2.33. The minimum absolute atomic E-state index is 0.206. The number of aromatic nitrogens is 1. The third-order valence-electron chi connectivity index (χ3n) is 4.00. The lowest BCUT2D eigenvalue weighted by Crippen LogP contribution is -2.41. The number of pyridine rings is 1. The average molecular weight is 311 g/mol. The summed E-state index contributed by atoms with van der Waals surface area (Å²) in [5, 5.41) is 10.1. The molecule has 21 heavy (non-hydrogen) atoms. The van der Waals surface area contributed by atoms with Crippen molar-refractivity contribution in [2.24, 2.45) is 0 Å². The van der Waals surface area contributed by atoms with Gasteiger partial charge in [0.2, 0.25) is 0 Å². The third kappa shape index (κ3) is 3.24. The maximum Gasteiger partial charge on any atom is 0.492 e. The van der Waals surface area contributed by atoms with Crippen LogP contribution in [0.5, 0.6) is 0 Å². The molecule has 1 aliphatic rings. The highest BCUT2D eigenvalue weighted by molar-refractivity contribution is 6.55. The normalized spacial score (nSPS) is 20.9. The summed E-state index contributed by atoms with van der Waals surface area (Å²) in [5.74, 6) is 0.335. The van der Waals surface area contributed by atoms with Gasteiger partial charge in [-0.2, -0.15) is 0 Å².